The topological polar surface area (TPSA) is 46.2 Å². The van der Waals surface area contributed by atoms with Crippen molar-refractivity contribution in [1.82, 2.24) is 0 Å². The Morgan fingerprint density at radius 1 is 0.750 bits per heavy atom. The molecule has 0 spiro atoms. The number of hydrogen-bond acceptors (Lipinski definition) is 2. The first-order valence-electron chi connectivity index (χ1n) is 10.1. The van der Waals surface area contributed by atoms with Crippen LogP contribution in [-0.4, -0.2) is 23.4 Å². The van der Waals surface area contributed by atoms with E-state index < -0.39 is 10.0 Å². The molecule has 0 aliphatic heterocycles. The summed E-state index contributed by atoms with van der Waals surface area (Å²) in [5.74, 6) is 0. The third kappa shape index (κ3) is 5.57. The summed E-state index contributed by atoms with van der Waals surface area (Å²) < 4.78 is 31.1. The summed E-state index contributed by atoms with van der Waals surface area (Å²) in [5.41, 5.74) is 3.34. The molecule has 4 aromatic carbocycles. The van der Waals surface area contributed by atoms with E-state index in [0.29, 0.717) is 5.69 Å². The number of nitrogens with one attached hydrogen (secondary N) is 1. The van der Waals surface area contributed by atoms with E-state index in [-0.39, 0.29) is 19.9 Å². The minimum atomic E-state index is -3.72. The van der Waals surface area contributed by atoms with Crippen molar-refractivity contribution in [2.45, 2.75) is 11.8 Å². The summed E-state index contributed by atoms with van der Waals surface area (Å²) in [6, 6.07) is 34.5. The van der Waals surface area contributed by atoms with Crippen LogP contribution in [0.2, 0.25) is 0 Å². The minimum absolute atomic E-state index is 0.0670. The van der Waals surface area contributed by atoms with E-state index in [0.717, 1.165) is 21.2 Å². The fraction of sp³-hybridized carbons (Fsp3) is 0.0370. The summed E-state index contributed by atoms with van der Waals surface area (Å²) >= 11 is -0.0670. The summed E-state index contributed by atoms with van der Waals surface area (Å²) in [5, 5.41) is 0. The van der Waals surface area contributed by atoms with Gasteiger partial charge in [-0.1, -0.05) is 0 Å². The Balaban J connectivity index is 1.75. The predicted octanol–water partition coefficient (Wildman–Crippen LogP) is 5.02. The molecule has 0 aliphatic carbocycles. The molecular formula is C27H22NO2SSe. The Morgan fingerprint density at radius 2 is 1.34 bits per heavy atom. The van der Waals surface area contributed by atoms with Crippen LogP contribution < -0.4 is 9.18 Å². The standard InChI is InChI=1S/C27H22NO2SSe/c1-21-16-18-23(19-17-21)31(29,30)28-26-15-9-8-14-25(26)27(20-22-10-4-2-5-11-22)32-24-12-6-3-7-13-24/h2-19,28H,1H3. The molecule has 0 aliphatic rings. The van der Waals surface area contributed by atoms with Crippen LogP contribution in [0.1, 0.15) is 16.7 Å². The van der Waals surface area contributed by atoms with Gasteiger partial charge < -0.3 is 0 Å². The molecule has 0 amide bonds. The van der Waals surface area contributed by atoms with Gasteiger partial charge in [-0.3, -0.25) is 0 Å². The SMILES string of the molecule is Cc1ccc(S(=O)(=O)Nc2ccccc2C(=[C]c2ccccc2)[Se]c2ccccc2)cc1. The molecule has 4 rings (SSSR count). The number of anilines is 1. The molecule has 0 heterocycles. The second-order valence-corrected chi connectivity index (χ2v) is 11.2. The van der Waals surface area contributed by atoms with Gasteiger partial charge in [0.25, 0.3) is 0 Å². The van der Waals surface area contributed by atoms with E-state index >= 15 is 0 Å². The first-order valence-corrected chi connectivity index (χ1v) is 13.3. The maximum absolute atomic E-state index is 13.1. The normalized spacial score (nSPS) is 11.8. The molecule has 0 bridgehead atoms. The zero-order valence-electron chi connectivity index (χ0n) is 17.5. The van der Waals surface area contributed by atoms with Crippen LogP contribution in [0.25, 0.3) is 4.47 Å². The molecule has 1 N–H and O–H groups in total. The van der Waals surface area contributed by atoms with Crippen molar-refractivity contribution >= 4 is 39.6 Å². The molecular weight excluding hydrogens is 481 g/mol. The Bertz CT molecular complexity index is 1320. The third-order valence-electron chi connectivity index (χ3n) is 4.74. The van der Waals surface area contributed by atoms with E-state index in [2.05, 4.69) is 22.9 Å². The average Bonchev–Trinajstić information content (AvgIpc) is 2.80. The van der Waals surface area contributed by atoms with E-state index in [1.54, 1.807) is 30.3 Å². The van der Waals surface area contributed by atoms with E-state index in [1.165, 1.54) is 4.46 Å². The van der Waals surface area contributed by atoms with Crippen LogP contribution in [0.5, 0.6) is 0 Å². The molecule has 1 radical (unpaired) electrons. The van der Waals surface area contributed by atoms with Gasteiger partial charge in [0.05, 0.1) is 0 Å². The van der Waals surface area contributed by atoms with Crippen molar-refractivity contribution in [3.63, 3.8) is 0 Å². The maximum atomic E-state index is 13.1. The summed E-state index contributed by atoms with van der Waals surface area (Å²) in [6.45, 7) is 1.93. The molecule has 159 valence electrons. The van der Waals surface area contributed by atoms with Crippen molar-refractivity contribution in [1.29, 1.82) is 0 Å². The molecule has 0 fully saturated rings. The van der Waals surface area contributed by atoms with Crippen LogP contribution in [0.15, 0.2) is 114 Å². The Hall–Kier alpha value is -3.11. The van der Waals surface area contributed by atoms with Gasteiger partial charge >= 0.3 is 197 Å². The van der Waals surface area contributed by atoms with Gasteiger partial charge in [-0.2, -0.15) is 0 Å². The Kier molecular flexibility index (Phi) is 6.91. The van der Waals surface area contributed by atoms with Gasteiger partial charge in [0.2, 0.25) is 0 Å². The van der Waals surface area contributed by atoms with E-state index in [4.69, 9.17) is 0 Å². The number of rotatable bonds is 7. The van der Waals surface area contributed by atoms with Gasteiger partial charge in [-0.15, -0.1) is 0 Å². The summed E-state index contributed by atoms with van der Waals surface area (Å²) in [6.07, 6.45) is 3.53. The molecule has 0 unspecified atom stereocenters. The van der Waals surface area contributed by atoms with Gasteiger partial charge in [-0.25, -0.2) is 0 Å². The zero-order valence-corrected chi connectivity index (χ0v) is 20.1. The quantitative estimate of drug-likeness (QED) is 0.285. The average molecular weight is 504 g/mol. The molecule has 3 nitrogen and oxygen atoms in total. The molecule has 0 saturated carbocycles. The Labute approximate surface area is 196 Å². The van der Waals surface area contributed by atoms with E-state index in [9.17, 15) is 8.42 Å². The third-order valence-corrected chi connectivity index (χ3v) is 8.29. The van der Waals surface area contributed by atoms with Crippen LogP contribution >= 0.6 is 0 Å². The number of aryl methyl sites for hydroxylation is 1. The van der Waals surface area contributed by atoms with Crippen molar-refractivity contribution in [2.24, 2.45) is 0 Å². The van der Waals surface area contributed by atoms with Gasteiger partial charge in [-0.05, 0) is 0 Å². The van der Waals surface area contributed by atoms with Crippen LogP contribution in [-0.2, 0) is 10.0 Å². The van der Waals surface area contributed by atoms with Crippen LogP contribution in [0.3, 0.4) is 0 Å². The molecule has 4 aromatic rings. The number of sulfonamides is 1. The second-order valence-electron chi connectivity index (χ2n) is 7.20. The zero-order chi connectivity index (χ0) is 22.4. The fourth-order valence-corrected chi connectivity index (χ4v) is 6.25. The number of benzene rings is 4. The number of hydrogen-bond donors (Lipinski definition) is 1. The van der Waals surface area contributed by atoms with Gasteiger partial charge in [0.1, 0.15) is 0 Å². The van der Waals surface area contributed by atoms with E-state index in [1.807, 2.05) is 73.7 Å². The molecule has 0 aromatic heterocycles. The van der Waals surface area contributed by atoms with Gasteiger partial charge in [0, 0.05) is 0 Å². The molecule has 5 heteroatoms. The monoisotopic (exact) mass is 504 g/mol. The van der Waals surface area contributed by atoms with Crippen LogP contribution in [0, 0.1) is 13.0 Å². The first-order chi connectivity index (χ1) is 15.5. The Morgan fingerprint density at radius 3 is 2.03 bits per heavy atom. The second kappa shape index (κ2) is 10.0. The fourth-order valence-electron chi connectivity index (χ4n) is 3.10. The number of para-hydroxylation sites is 1. The predicted molar refractivity (Wildman–Crippen MR) is 132 cm³/mol. The van der Waals surface area contributed by atoms with Crippen molar-refractivity contribution in [3.8, 4) is 0 Å². The molecule has 32 heavy (non-hydrogen) atoms. The molecule has 0 saturated heterocycles. The van der Waals surface area contributed by atoms with Crippen molar-refractivity contribution in [2.75, 3.05) is 4.72 Å². The first kappa shape index (κ1) is 22.1. The summed E-state index contributed by atoms with van der Waals surface area (Å²) in [4.78, 5) is 0.240. The van der Waals surface area contributed by atoms with Crippen molar-refractivity contribution in [3.05, 3.63) is 132 Å². The van der Waals surface area contributed by atoms with Crippen molar-refractivity contribution < 1.29 is 8.42 Å². The summed E-state index contributed by atoms with van der Waals surface area (Å²) in [7, 11) is -3.72. The molecule has 0 atom stereocenters. The van der Waals surface area contributed by atoms with Gasteiger partial charge in [0.15, 0.2) is 0 Å². The van der Waals surface area contributed by atoms with Crippen LogP contribution in [0.4, 0.5) is 5.69 Å².